The number of hydrogen-bond donors (Lipinski definition) is 0. The molecular weight excluding hydrogens is 596 g/mol. The van der Waals surface area contributed by atoms with E-state index in [1.54, 1.807) is 31.8 Å². The van der Waals surface area contributed by atoms with E-state index in [-0.39, 0.29) is 24.8 Å². The normalized spacial score (nSPS) is 18.2. The van der Waals surface area contributed by atoms with Crippen LogP contribution in [0.25, 0.3) is 28.3 Å². The molecule has 4 aromatic carbocycles. The first-order chi connectivity index (χ1) is 16.4. The van der Waals surface area contributed by atoms with E-state index in [0.717, 1.165) is 11.1 Å². The predicted octanol–water partition coefficient (Wildman–Crippen LogP) is -0.386. The van der Waals surface area contributed by atoms with E-state index in [4.69, 9.17) is 0 Å². The van der Waals surface area contributed by atoms with Crippen molar-refractivity contribution in [3.05, 3.63) is 107 Å². The van der Waals surface area contributed by atoms with Gasteiger partial charge in [0.2, 0.25) is 0 Å². The number of fused-ring (bicyclic) bond motifs is 4. The average Bonchev–Trinajstić information content (AvgIpc) is 3.32. The Morgan fingerprint density at radius 2 is 1.47 bits per heavy atom. The van der Waals surface area contributed by atoms with Crippen molar-refractivity contribution in [2.75, 3.05) is 0 Å². The monoisotopic (exact) mass is 613 g/mol. The van der Waals surface area contributed by atoms with Gasteiger partial charge in [0.15, 0.2) is 0 Å². The second-order valence-electron chi connectivity index (χ2n) is 9.42. The van der Waals surface area contributed by atoms with Crippen LogP contribution in [0.5, 0.6) is 0 Å². The van der Waals surface area contributed by atoms with E-state index in [1.165, 1.54) is 22.8 Å². The molecule has 0 N–H and O–H groups in total. The van der Waals surface area contributed by atoms with E-state index < -0.39 is 38.6 Å². The minimum atomic E-state index is -4.39. The van der Waals surface area contributed by atoms with Gasteiger partial charge in [-0.1, -0.05) is 0 Å². The molecule has 3 aliphatic rings. The van der Waals surface area contributed by atoms with Crippen LogP contribution < -0.4 is 38.5 Å². The fourth-order valence-electron chi connectivity index (χ4n) is 6.40. The maximum absolute atomic E-state index is 14.1. The summed E-state index contributed by atoms with van der Waals surface area (Å²) in [7, 11) is 0. The van der Waals surface area contributed by atoms with Gasteiger partial charge in [-0.05, 0) is 0 Å². The Hall–Kier alpha value is -1.91. The fraction of sp³-hybridized carbons (Fsp3) is 0.103. The van der Waals surface area contributed by atoms with Crippen LogP contribution in [0.2, 0.25) is 0 Å². The van der Waals surface area contributed by atoms with Crippen LogP contribution in [-0.4, -0.2) is 5.92 Å². The van der Waals surface area contributed by atoms with Gasteiger partial charge in [-0.2, -0.15) is 0 Å². The van der Waals surface area contributed by atoms with Crippen LogP contribution >= 0.6 is 0 Å². The molecule has 2 atom stereocenters. The van der Waals surface area contributed by atoms with Gasteiger partial charge in [0.1, 0.15) is 0 Å². The van der Waals surface area contributed by atoms with Gasteiger partial charge in [-0.15, -0.1) is 0 Å². The molecule has 0 fully saturated rings. The molecule has 7 heteroatoms. The number of alkyl halides is 3. The van der Waals surface area contributed by atoms with Crippen LogP contribution in [0.3, 0.4) is 0 Å². The summed E-state index contributed by atoms with van der Waals surface area (Å²) in [6, 6.07) is 27.9. The summed E-state index contributed by atoms with van der Waals surface area (Å²) in [5.74, 6) is -1.25. The zero-order valence-corrected chi connectivity index (χ0v) is 24.3. The number of benzene rings is 4. The van der Waals surface area contributed by atoms with Gasteiger partial charge in [0.25, 0.3) is 0 Å². The Labute approximate surface area is 229 Å². The zero-order valence-electron chi connectivity index (χ0n) is 19.2. The minimum Gasteiger partial charge on any atom is -1.00 e. The summed E-state index contributed by atoms with van der Waals surface area (Å²) in [6.45, 7) is 2.15. The van der Waals surface area contributed by atoms with E-state index in [1.807, 2.05) is 18.2 Å². The van der Waals surface area contributed by atoms with E-state index in [2.05, 4.69) is 55.5 Å². The first-order valence-electron chi connectivity index (χ1n) is 11.5. The Morgan fingerprint density at radius 3 is 2.22 bits per heavy atom. The molecule has 2 unspecified atom stereocenters. The van der Waals surface area contributed by atoms with E-state index >= 15 is 0 Å². The van der Waals surface area contributed by atoms with Crippen molar-refractivity contribution in [3.63, 3.8) is 0 Å². The molecule has 179 valence electrons. The quantitative estimate of drug-likeness (QED) is 0.270. The summed E-state index contributed by atoms with van der Waals surface area (Å²) in [5, 5.41) is 3.21. The van der Waals surface area contributed by atoms with Crippen molar-refractivity contribution < 1.29 is 58.9 Å². The maximum Gasteiger partial charge on any atom is -1.00 e. The molecular formula is C29H20Cl2F3SiZr. The van der Waals surface area contributed by atoms with Gasteiger partial charge in [0.05, 0.1) is 0 Å². The first kappa shape index (κ1) is 25.7. The van der Waals surface area contributed by atoms with Gasteiger partial charge in [0, 0.05) is 0 Å². The molecule has 0 saturated carbocycles. The Balaban J connectivity index is 0.00000133. The molecule has 7 rings (SSSR count). The molecule has 0 saturated heterocycles. The van der Waals surface area contributed by atoms with Crippen LogP contribution in [0.4, 0.5) is 13.2 Å². The zero-order chi connectivity index (χ0) is 23.2. The molecule has 36 heavy (non-hydrogen) atoms. The molecule has 0 amide bonds. The summed E-state index contributed by atoms with van der Waals surface area (Å²) < 4.78 is 44.3. The third-order valence-electron chi connectivity index (χ3n) is 7.68. The van der Waals surface area contributed by atoms with Crippen molar-refractivity contribution in [3.8, 4) is 22.3 Å². The molecule has 4 aromatic rings. The average molecular weight is 616 g/mol. The molecule has 2 aliphatic heterocycles. The molecule has 0 nitrogen and oxygen atoms in total. The second-order valence-corrected chi connectivity index (χ2v) is 24.4. The number of allylic oxidation sites excluding steroid dienone is 1. The van der Waals surface area contributed by atoms with Crippen molar-refractivity contribution in [2.45, 2.75) is 16.7 Å². The molecule has 0 aromatic heterocycles. The maximum atomic E-state index is 14.1. The van der Waals surface area contributed by atoms with Crippen molar-refractivity contribution in [2.24, 2.45) is 0 Å². The van der Waals surface area contributed by atoms with Crippen molar-refractivity contribution in [1.82, 2.24) is 0 Å². The van der Waals surface area contributed by atoms with E-state index in [0.29, 0.717) is 14.8 Å². The van der Waals surface area contributed by atoms with E-state index in [9.17, 15) is 13.2 Å². The van der Waals surface area contributed by atoms with Crippen LogP contribution in [-0.2, 0) is 27.1 Å². The standard InChI is InChI=1S/C17H12F3.C12H8Si.2ClH.Zr/c1-11-9-13-7-8-15(17(18,19)20)16(14(13)10-11)12-5-3-2-4-6-12;1-3-7-11-9(5-1)10-6-2-4-8-12(10)13-11;;;/h2-10H,1H3;1-7,13H;2*1H;/q;;;;+2/p-2. The van der Waals surface area contributed by atoms with Crippen LogP contribution in [0.1, 0.15) is 27.2 Å². The van der Waals surface area contributed by atoms with Gasteiger partial charge >= 0.3 is 206 Å². The van der Waals surface area contributed by atoms with Crippen LogP contribution in [0.15, 0.2) is 90.5 Å². The fourth-order valence-corrected chi connectivity index (χ4v) is 32.8. The van der Waals surface area contributed by atoms with Gasteiger partial charge < -0.3 is 24.8 Å². The molecule has 1 aliphatic carbocycles. The van der Waals surface area contributed by atoms with Gasteiger partial charge in [-0.25, -0.2) is 0 Å². The molecule has 0 spiro atoms. The van der Waals surface area contributed by atoms with Gasteiger partial charge in [-0.3, -0.25) is 0 Å². The Morgan fingerprint density at radius 1 is 0.778 bits per heavy atom. The largest absolute Gasteiger partial charge is 1.00 e. The number of rotatable bonds is 2. The number of halogens is 5. The number of hydrogen-bond acceptors (Lipinski definition) is 0. The minimum absolute atomic E-state index is 0. The summed E-state index contributed by atoms with van der Waals surface area (Å²) in [5.41, 5.74) is 6.47. The SMILES string of the molecule is CC1=Cc2c(ccc(C(F)(F)F)c2-c2ccccc2)[CH]1[Zr+2]1[c]2cccc3c2[SiH]1c1ccccc1-3.[Cl-].[Cl-]. The summed E-state index contributed by atoms with van der Waals surface area (Å²) in [6.07, 6.45) is -2.32. The third kappa shape index (κ3) is 3.50. The summed E-state index contributed by atoms with van der Waals surface area (Å²) >= 11 is -2.18. The summed E-state index contributed by atoms with van der Waals surface area (Å²) in [4.78, 5) is 0. The first-order valence-corrected chi connectivity index (χ1v) is 20.2. The Bertz CT molecular complexity index is 1530. The Kier molecular flexibility index (Phi) is 6.53. The topological polar surface area (TPSA) is 0 Å². The van der Waals surface area contributed by atoms with Crippen LogP contribution in [0, 0.1) is 0 Å². The molecule has 2 heterocycles. The predicted molar refractivity (Wildman–Crippen MR) is 131 cm³/mol. The smallest absolute Gasteiger partial charge is 1.00 e. The van der Waals surface area contributed by atoms with Crippen molar-refractivity contribution in [1.29, 1.82) is 0 Å². The molecule has 0 bridgehead atoms. The second kappa shape index (κ2) is 9.13. The molecule has 0 radical (unpaired) electrons. The van der Waals surface area contributed by atoms with Crippen molar-refractivity contribution >= 4 is 25.6 Å². The third-order valence-corrected chi connectivity index (χ3v) is 30.2.